The van der Waals surface area contributed by atoms with Crippen molar-refractivity contribution in [3.8, 4) is 5.75 Å². The number of rotatable bonds is 5. The van der Waals surface area contributed by atoms with Gasteiger partial charge in [-0.3, -0.25) is 4.79 Å². The molecule has 0 saturated heterocycles. The Balaban J connectivity index is 1.44. The smallest absolute Gasteiger partial charge is 0.241 e. The van der Waals surface area contributed by atoms with Crippen LogP contribution in [0.3, 0.4) is 0 Å². The van der Waals surface area contributed by atoms with Gasteiger partial charge in [-0.05, 0) is 49.4 Å². The molecule has 3 aromatic rings. The molecule has 5 nitrogen and oxygen atoms in total. The molecule has 4 rings (SSSR count). The maximum Gasteiger partial charge on any atom is 0.241 e. The number of nitrogens with one attached hydrogen (secondary N) is 1. The molecule has 0 unspecified atom stereocenters. The number of amides is 1. The number of phenolic OH excluding ortho intramolecular Hbond substituents is 1. The van der Waals surface area contributed by atoms with Crippen LogP contribution in [0, 0.1) is 0 Å². The molecule has 0 saturated carbocycles. The predicted molar refractivity (Wildman–Crippen MR) is 107 cm³/mol. The van der Waals surface area contributed by atoms with E-state index in [1.165, 1.54) is 41.2 Å². The maximum absolute atomic E-state index is 12.2. The summed E-state index contributed by atoms with van der Waals surface area (Å²) in [6, 6.07) is 15.3. The Hall–Kier alpha value is -3.08. The first-order valence-electron chi connectivity index (χ1n) is 9.43. The van der Waals surface area contributed by atoms with E-state index >= 15 is 0 Å². The lowest BCUT2D eigenvalue weighted by molar-refractivity contribution is -0.121. The molecule has 138 valence electrons. The number of hydrazone groups is 1. The van der Waals surface area contributed by atoms with E-state index in [0.29, 0.717) is 18.5 Å². The van der Waals surface area contributed by atoms with Crippen molar-refractivity contribution in [2.45, 2.75) is 38.6 Å². The fraction of sp³-hybridized carbons (Fsp3) is 0.273. The number of hydrogen-bond acceptors (Lipinski definition) is 3. The van der Waals surface area contributed by atoms with E-state index in [-0.39, 0.29) is 11.7 Å². The number of carbonyl (C=O) groups is 1. The van der Waals surface area contributed by atoms with Crippen LogP contribution in [-0.4, -0.2) is 21.8 Å². The average Bonchev–Trinajstić information content (AvgIpc) is 3.02. The number of aryl methyl sites for hydroxylation is 2. The lowest BCUT2D eigenvalue weighted by Crippen LogP contribution is -2.20. The van der Waals surface area contributed by atoms with Crippen molar-refractivity contribution >= 4 is 23.0 Å². The quantitative estimate of drug-likeness (QED) is 0.537. The normalized spacial score (nSPS) is 13.8. The second-order valence-corrected chi connectivity index (χ2v) is 6.90. The minimum atomic E-state index is -0.135. The van der Waals surface area contributed by atoms with E-state index < -0.39 is 0 Å². The van der Waals surface area contributed by atoms with Crippen molar-refractivity contribution in [1.82, 2.24) is 9.99 Å². The number of para-hydroxylation sites is 2. The van der Waals surface area contributed by atoms with E-state index in [0.717, 1.165) is 12.8 Å². The van der Waals surface area contributed by atoms with Gasteiger partial charge in [-0.25, -0.2) is 5.43 Å². The van der Waals surface area contributed by atoms with Crippen molar-refractivity contribution in [1.29, 1.82) is 0 Å². The van der Waals surface area contributed by atoms with Gasteiger partial charge in [-0.15, -0.1) is 0 Å². The van der Waals surface area contributed by atoms with Crippen molar-refractivity contribution in [3.05, 3.63) is 65.4 Å². The zero-order chi connectivity index (χ0) is 18.6. The number of hydrogen-bond donors (Lipinski definition) is 2. The first kappa shape index (κ1) is 17.3. The average molecular weight is 361 g/mol. The number of phenols is 1. The minimum absolute atomic E-state index is 0.135. The van der Waals surface area contributed by atoms with Crippen LogP contribution in [0.2, 0.25) is 0 Å². The first-order valence-corrected chi connectivity index (χ1v) is 9.43. The molecule has 0 radical (unpaired) electrons. The summed E-state index contributed by atoms with van der Waals surface area (Å²) < 4.78 is 2.30. The number of aromatic nitrogens is 1. The minimum Gasteiger partial charge on any atom is -0.507 e. The highest BCUT2D eigenvalue weighted by Gasteiger charge is 2.19. The van der Waals surface area contributed by atoms with Gasteiger partial charge in [-0.2, -0.15) is 5.10 Å². The van der Waals surface area contributed by atoms with Gasteiger partial charge in [0.05, 0.1) is 6.21 Å². The second-order valence-electron chi connectivity index (χ2n) is 6.90. The predicted octanol–water partition coefficient (Wildman–Crippen LogP) is 3.77. The third kappa shape index (κ3) is 3.58. The van der Waals surface area contributed by atoms with Crippen molar-refractivity contribution < 1.29 is 9.90 Å². The fourth-order valence-corrected chi connectivity index (χ4v) is 3.88. The van der Waals surface area contributed by atoms with Gasteiger partial charge >= 0.3 is 0 Å². The second kappa shape index (κ2) is 7.66. The fourth-order valence-electron chi connectivity index (χ4n) is 3.88. The van der Waals surface area contributed by atoms with Crippen LogP contribution >= 0.6 is 0 Å². The molecule has 2 aromatic carbocycles. The zero-order valence-corrected chi connectivity index (χ0v) is 15.2. The molecule has 27 heavy (non-hydrogen) atoms. The van der Waals surface area contributed by atoms with Crippen molar-refractivity contribution in [2.24, 2.45) is 5.10 Å². The molecule has 2 N–H and O–H groups in total. The molecule has 0 fully saturated rings. The number of fused-ring (bicyclic) bond motifs is 3. The molecule has 0 aliphatic heterocycles. The van der Waals surface area contributed by atoms with Crippen LogP contribution in [-0.2, 0) is 24.2 Å². The molecule has 0 bridgehead atoms. The summed E-state index contributed by atoms with van der Waals surface area (Å²) in [6.07, 6.45) is 6.48. The Labute approximate surface area is 158 Å². The molecule has 5 heteroatoms. The van der Waals surface area contributed by atoms with E-state index in [9.17, 15) is 9.90 Å². The molecule has 1 heterocycles. The Morgan fingerprint density at radius 2 is 1.89 bits per heavy atom. The summed E-state index contributed by atoms with van der Waals surface area (Å²) in [5, 5.41) is 15.0. The molecule has 1 amide bonds. The van der Waals surface area contributed by atoms with E-state index in [2.05, 4.69) is 39.4 Å². The van der Waals surface area contributed by atoms with E-state index in [1.807, 2.05) is 6.07 Å². The molecule has 0 atom stereocenters. The monoisotopic (exact) mass is 361 g/mol. The molecule has 1 aromatic heterocycles. The molecule has 1 aliphatic rings. The van der Waals surface area contributed by atoms with Crippen LogP contribution in [0.1, 0.15) is 36.1 Å². The highest BCUT2D eigenvalue weighted by Crippen LogP contribution is 2.32. The standard InChI is InChI=1S/C22H23N3O2/c26-21-12-6-1-7-16(21)15-23-24-22(27)13-14-25-19-10-4-2-8-17(19)18-9-3-5-11-20(18)25/h1-2,4,6-8,10,12,15,26H,3,5,9,11,13-14H2,(H,24,27)/b23-15+. The highest BCUT2D eigenvalue weighted by atomic mass is 16.3. The van der Waals surface area contributed by atoms with Crippen molar-refractivity contribution in [2.75, 3.05) is 0 Å². The summed E-state index contributed by atoms with van der Waals surface area (Å²) in [5.74, 6) is 0.00458. The van der Waals surface area contributed by atoms with Gasteiger partial charge in [-0.1, -0.05) is 30.3 Å². The van der Waals surface area contributed by atoms with Crippen LogP contribution in [0.15, 0.2) is 53.6 Å². The molecule has 0 spiro atoms. The third-order valence-electron chi connectivity index (χ3n) is 5.18. The summed E-state index contributed by atoms with van der Waals surface area (Å²) in [6.45, 7) is 0.647. The Morgan fingerprint density at radius 3 is 2.78 bits per heavy atom. The number of nitrogens with zero attached hydrogens (tertiary/aromatic N) is 2. The van der Waals surface area contributed by atoms with Gasteiger partial charge in [0.1, 0.15) is 5.75 Å². The highest BCUT2D eigenvalue weighted by molar-refractivity contribution is 5.87. The lowest BCUT2D eigenvalue weighted by atomic mass is 9.95. The summed E-state index contributed by atoms with van der Waals surface area (Å²) >= 11 is 0. The SMILES string of the molecule is O=C(CCn1c2c(c3ccccc31)CCCC2)N/N=C/c1ccccc1O. The Bertz CT molecular complexity index is 1000. The summed E-state index contributed by atoms with van der Waals surface area (Å²) in [4.78, 5) is 12.2. The number of aromatic hydroxyl groups is 1. The van der Waals surface area contributed by atoms with Gasteiger partial charge < -0.3 is 9.67 Å². The third-order valence-corrected chi connectivity index (χ3v) is 5.18. The van der Waals surface area contributed by atoms with Gasteiger partial charge in [0.2, 0.25) is 5.91 Å². The largest absolute Gasteiger partial charge is 0.507 e. The first-order chi connectivity index (χ1) is 13.2. The van der Waals surface area contributed by atoms with Crippen LogP contribution in [0.5, 0.6) is 5.75 Å². The Kier molecular flexibility index (Phi) is 4.92. The van der Waals surface area contributed by atoms with Crippen LogP contribution < -0.4 is 5.43 Å². The van der Waals surface area contributed by atoms with E-state index in [4.69, 9.17) is 0 Å². The van der Waals surface area contributed by atoms with Crippen LogP contribution in [0.4, 0.5) is 0 Å². The topological polar surface area (TPSA) is 66.6 Å². The summed E-state index contributed by atoms with van der Waals surface area (Å²) in [7, 11) is 0. The van der Waals surface area contributed by atoms with Gasteiger partial charge in [0.25, 0.3) is 0 Å². The Morgan fingerprint density at radius 1 is 1.11 bits per heavy atom. The van der Waals surface area contributed by atoms with E-state index in [1.54, 1.807) is 18.2 Å². The van der Waals surface area contributed by atoms with Crippen LogP contribution in [0.25, 0.3) is 10.9 Å². The molecule has 1 aliphatic carbocycles. The number of benzene rings is 2. The van der Waals surface area contributed by atoms with Gasteiger partial charge in [0, 0.05) is 35.1 Å². The summed E-state index contributed by atoms with van der Waals surface area (Å²) in [5.41, 5.74) is 7.18. The van der Waals surface area contributed by atoms with Gasteiger partial charge in [0.15, 0.2) is 0 Å². The van der Waals surface area contributed by atoms with Crippen molar-refractivity contribution in [3.63, 3.8) is 0 Å². The zero-order valence-electron chi connectivity index (χ0n) is 15.2. The number of carbonyl (C=O) groups excluding carboxylic acids is 1. The lowest BCUT2D eigenvalue weighted by Gasteiger charge is -2.15. The molecular formula is C22H23N3O2. The molecular weight excluding hydrogens is 338 g/mol. The maximum atomic E-state index is 12.2.